The maximum absolute atomic E-state index is 12.2. The van der Waals surface area contributed by atoms with Crippen LogP contribution >= 0.6 is 23.1 Å². The Balaban J connectivity index is 1.40. The van der Waals surface area contributed by atoms with E-state index in [9.17, 15) is 4.79 Å². The number of aryl methyl sites for hydroxylation is 1. The summed E-state index contributed by atoms with van der Waals surface area (Å²) in [4.78, 5) is 19.7. The summed E-state index contributed by atoms with van der Waals surface area (Å²) >= 11 is 3.02. The number of hydrogen-bond donors (Lipinski definition) is 2. The molecule has 1 fully saturated rings. The molecule has 1 aliphatic rings. The number of anilines is 1. The lowest BCUT2D eigenvalue weighted by Crippen LogP contribution is -2.18. The van der Waals surface area contributed by atoms with Crippen LogP contribution < -0.4 is 10.9 Å². The molecule has 9 heteroatoms. The van der Waals surface area contributed by atoms with Crippen molar-refractivity contribution in [1.29, 1.82) is 0 Å². The van der Waals surface area contributed by atoms with Gasteiger partial charge in [0.1, 0.15) is 5.82 Å². The molecule has 3 heterocycles. The number of ether oxygens (including phenoxy) is 1. The minimum absolute atomic E-state index is 0.106. The summed E-state index contributed by atoms with van der Waals surface area (Å²) in [5.74, 6) is 1.19. The highest BCUT2D eigenvalue weighted by Crippen LogP contribution is 2.28. The van der Waals surface area contributed by atoms with Gasteiger partial charge in [0.15, 0.2) is 4.34 Å². The number of benzene rings is 1. The molecule has 3 aromatic rings. The van der Waals surface area contributed by atoms with Gasteiger partial charge >= 0.3 is 0 Å². The van der Waals surface area contributed by atoms with Gasteiger partial charge < -0.3 is 15.0 Å². The van der Waals surface area contributed by atoms with E-state index in [0.717, 1.165) is 46.5 Å². The molecular weight excluding hydrogens is 370 g/mol. The molecule has 1 saturated heterocycles. The van der Waals surface area contributed by atoms with Crippen molar-refractivity contribution in [1.82, 2.24) is 20.2 Å². The van der Waals surface area contributed by atoms with E-state index < -0.39 is 0 Å². The van der Waals surface area contributed by atoms with E-state index in [1.807, 2.05) is 19.1 Å². The second kappa shape index (κ2) is 7.73. The Labute approximate surface area is 158 Å². The predicted octanol–water partition coefficient (Wildman–Crippen LogP) is 2.97. The highest BCUT2D eigenvalue weighted by Gasteiger charge is 2.16. The fourth-order valence-electron chi connectivity index (χ4n) is 2.90. The molecular formula is C17H19N5O2S2. The van der Waals surface area contributed by atoms with Crippen molar-refractivity contribution in [2.75, 3.05) is 18.5 Å². The van der Waals surface area contributed by atoms with Crippen molar-refractivity contribution in [2.45, 2.75) is 36.0 Å². The number of fused-ring (bicyclic) bond motifs is 1. The van der Waals surface area contributed by atoms with Crippen LogP contribution in [0, 0.1) is 6.92 Å². The lowest BCUT2D eigenvalue weighted by Gasteiger charge is -2.08. The van der Waals surface area contributed by atoms with Crippen LogP contribution in [0.5, 0.6) is 0 Å². The number of para-hydroxylation sites is 1. The van der Waals surface area contributed by atoms with Gasteiger partial charge in [0.05, 0.1) is 22.8 Å². The second-order valence-corrected chi connectivity index (χ2v) is 8.36. The topological polar surface area (TPSA) is 92.8 Å². The van der Waals surface area contributed by atoms with E-state index in [4.69, 9.17) is 4.74 Å². The number of rotatable bonds is 6. The van der Waals surface area contributed by atoms with Crippen molar-refractivity contribution in [3.05, 3.63) is 39.9 Å². The molecule has 26 heavy (non-hydrogen) atoms. The molecule has 0 amide bonds. The van der Waals surface area contributed by atoms with Gasteiger partial charge in [-0.15, -0.1) is 10.2 Å². The maximum atomic E-state index is 12.2. The zero-order valence-electron chi connectivity index (χ0n) is 14.3. The van der Waals surface area contributed by atoms with Crippen LogP contribution in [0.4, 0.5) is 5.13 Å². The molecule has 1 aromatic carbocycles. The van der Waals surface area contributed by atoms with Gasteiger partial charge in [-0.3, -0.25) is 4.79 Å². The first-order valence-electron chi connectivity index (χ1n) is 8.49. The molecule has 0 bridgehead atoms. The zero-order chi connectivity index (χ0) is 17.9. The minimum atomic E-state index is -0.106. The number of nitrogens with zero attached hydrogens (tertiary/aromatic N) is 3. The van der Waals surface area contributed by atoms with E-state index in [0.29, 0.717) is 17.0 Å². The van der Waals surface area contributed by atoms with E-state index in [1.165, 1.54) is 23.1 Å². The Kier molecular flexibility index (Phi) is 5.18. The second-order valence-electron chi connectivity index (χ2n) is 6.16. The molecule has 1 aliphatic heterocycles. The zero-order valence-corrected chi connectivity index (χ0v) is 16.0. The van der Waals surface area contributed by atoms with Crippen molar-refractivity contribution in [3.8, 4) is 0 Å². The molecule has 0 aliphatic carbocycles. The number of thioether (sulfide) groups is 1. The lowest BCUT2D eigenvalue weighted by molar-refractivity contribution is 0.120. The summed E-state index contributed by atoms with van der Waals surface area (Å²) in [6, 6.07) is 5.62. The van der Waals surface area contributed by atoms with Crippen molar-refractivity contribution in [3.63, 3.8) is 0 Å². The lowest BCUT2D eigenvalue weighted by atomic mass is 10.1. The van der Waals surface area contributed by atoms with Crippen LogP contribution in [0.15, 0.2) is 27.3 Å². The van der Waals surface area contributed by atoms with Gasteiger partial charge in [0.2, 0.25) is 5.13 Å². The van der Waals surface area contributed by atoms with Gasteiger partial charge in [-0.1, -0.05) is 35.2 Å². The van der Waals surface area contributed by atoms with Gasteiger partial charge in [-0.05, 0) is 31.4 Å². The third-order valence-electron chi connectivity index (χ3n) is 4.23. The van der Waals surface area contributed by atoms with Crippen molar-refractivity contribution in [2.24, 2.45) is 0 Å². The van der Waals surface area contributed by atoms with Crippen LogP contribution in [-0.2, 0) is 10.5 Å². The van der Waals surface area contributed by atoms with Crippen LogP contribution in [0.1, 0.15) is 24.2 Å². The largest absolute Gasteiger partial charge is 0.376 e. The van der Waals surface area contributed by atoms with E-state index >= 15 is 0 Å². The molecule has 4 rings (SSSR count). The fraction of sp³-hybridized carbons (Fsp3) is 0.412. The molecule has 1 atom stereocenters. The van der Waals surface area contributed by atoms with Crippen molar-refractivity contribution >= 4 is 39.1 Å². The summed E-state index contributed by atoms with van der Waals surface area (Å²) in [6.45, 7) is 3.57. The molecule has 2 N–H and O–H groups in total. The number of nitrogens with one attached hydrogen (secondary N) is 2. The molecule has 136 valence electrons. The quantitative estimate of drug-likeness (QED) is 0.626. The average molecular weight is 390 g/mol. The summed E-state index contributed by atoms with van der Waals surface area (Å²) < 4.78 is 6.43. The Morgan fingerprint density at radius 2 is 2.35 bits per heavy atom. The van der Waals surface area contributed by atoms with Gasteiger partial charge in [0.25, 0.3) is 5.56 Å². The third-order valence-corrected chi connectivity index (χ3v) is 6.26. The monoisotopic (exact) mass is 389 g/mol. The first-order valence-corrected chi connectivity index (χ1v) is 10.3. The standard InChI is InChI=1S/C17H19N5O2S2/c1-10-4-2-6-12-14(10)19-13(20-15(12)23)9-25-17-22-21-16(26-17)18-8-11-5-3-7-24-11/h2,4,6,11H,3,5,7-9H2,1H3,(H,18,21)(H,19,20,23). The number of hydrogen-bond acceptors (Lipinski definition) is 8. The summed E-state index contributed by atoms with van der Waals surface area (Å²) in [7, 11) is 0. The maximum Gasteiger partial charge on any atom is 0.258 e. The van der Waals surface area contributed by atoms with E-state index in [2.05, 4.69) is 25.5 Å². The Morgan fingerprint density at radius 1 is 1.42 bits per heavy atom. The Hall–Kier alpha value is -1.97. The van der Waals surface area contributed by atoms with Gasteiger partial charge in [0, 0.05) is 13.2 Å². The summed E-state index contributed by atoms with van der Waals surface area (Å²) in [5, 5.41) is 13.0. The fourth-order valence-corrected chi connectivity index (χ4v) is 4.53. The minimum Gasteiger partial charge on any atom is -0.376 e. The predicted molar refractivity (Wildman–Crippen MR) is 104 cm³/mol. The smallest absolute Gasteiger partial charge is 0.258 e. The average Bonchev–Trinajstić information content (AvgIpc) is 3.31. The summed E-state index contributed by atoms with van der Waals surface area (Å²) in [5.41, 5.74) is 1.64. The SMILES string of the molecule is Cc1cccc2c(=O)[nH]c(CSc3nnc(NCC4CCCO4)s3)nc12. The first kappa shape index (κ1) is 17.4. The molecule has 7 nitrogen and oxygen atoms in total. The van der Waals surface area contributed by atoms with Crippen LogP contribution in [0.2, 0.25) is 0 Å². The molecule has 0 saturated carbocycles. The van der Waals surface area contributed by atoms with Gasteiger partial charge in [-0.25, -0.2) is 4.98 Å². The van der Waals surface area contributed by atoms with Crippen molar-refractivity contribution < 1.29 is 4.74 Å². The Morgan fingerprint density at radius 3 is 3.19 bits per heavy atom. The van der Waals surface area contributed by atoms with E-state index in [1.54, 1.807) is 6.07 Å². The van der Waals surface area contributed by atoms with E-state index in [-0.39, 0.29) is 11.7 Å². The Bertz CT molecular complexity index is 965. The van der Waals surface area contributed by atoms with Crippen LogP contribution in [0.3, 0.4) is 0 Å². The molecule has 2 aromatic heterocycles. The molecule has 0 radical (unpaired) electrons. The summed E-state index contributed by atoms with van der Waals surface area (Å²) in [6.07, 6.45) is 2.48. The van der Waals surface area contributed by atoms with Crippen LogP contribution in [-0.4, -0.2) is 39.4 Å². The first-order chi connectivity index (χ1) is 12.7. The third kappa shape index (κ3) is 3.89. The molecule has 0 spiro atoms. The molecule has 1 unspecified atom stereocenters. The number of H-pyrrole nitrogens is 1. The highest BCUT2D eigenvalue weighted by atomic mass is 32.2. The highest BCUT2D eigenvalue weighted by molar-refractivity contribution is 8.00. The van der Waals surface area contributed by atoms with Crippen LogP contribution in [0.25, 0.3) is 10.9 Å². The number of aromatic nitrogens is 4. The number of aromatic amines is 1. The normalized spacial score (nSPS) is 17.0. The van der Waals surface area contributed by atoms with Gasteiger partial charge in [-0.2, -0.15) is 0 Å².